The third-order valence-corrected chi connectivity index (χ3v) is 2.81. The lowest BCUT2D eigenvalue weighted by molar-refractivity contribution is -0.121. The third-order valence-electron chi connectivity index (χ3n) is 2.81. The van der Waals surface area contributed by atoms with Crippen molar-refractivity contribution in [2.75, 3.05) is 0 Å². The highest BCUT2D eigenvalue weighted by Crippen LogP contribution is 2.13. The molecule has 1 aromatic rings. The highest BCUT2D eigenvalue weighted by atomic mass is 16.2. The Morgan fingerprint density at radius 1 is 1.35 bits per heavy atom. The van der Waals surface area contributed by atoms with Crippen LogP contribution in [0.25, 0.3) is 0 Å². The largest absolute Gasteiger partial charge is 0.299 e. The molecule has 0 bridgehead atoms. The summed E-state index contributed by atoms with van der Waals surface area (Å²) in [7, 11) is 0. The van der Waals surface area contributed by atoms with Crippen LogP contribution in [0.1, 0.15) is 49.3 Å². The summed E-state index contributed by atoms with van der Waals surface area (Å²) in [6.45, 7) is 7.47. The van der Waals surface area contributed by atoms with Gasteiger partial charge in [-0.05, 0) is 32.8 Å². The smallest absolute Gasteiger partial charge is 0.257 e. The van der Waals surface area contributed by atoms with E-state index in [0.717, 1.165) is 17.8 Å². The fourth-order valence-electron chi connectivity index (χ4n) is 1.96. The predicted octanol–water partition coefficient (Wildman–Crippen LogP) is 2.54. The maximum atomic E-state index is 12.2. The van der Waals surface area contributed by atoms with E-state index >= 15 is 0 Å². The molecule has 0 amide bonds. The van der Waals surface area contributed by atoms with Crippen molar-refractivity contribution >= 4 is 11.7 Å². The molecule has 94 valence electrons. The van der Waals surface area contributed by atoms with Gasteiger partial charge in [-0.2, -0.15) is 5.10 Å². The van der Waals surface area contributed by atoms with E-state index in [2.05, 4.69) is 5.10 Å². The highest BCUT2D eigenvalue weighted by molar-refractivity contribution is 6.02. The molecule has 1 atom stereocenters. The summed E-state index contributed by atoms with van der Waals surface area (Å²) in [6.07, 6.45) is 1.78. The molecule has 4 nitrogen and oxygen atoms in total. The van der Waals surface area contributed by atoms with Crippen LogP contribution < -0.4 is 0 Å². The summed E-state index contributed by atoms with van der Waals surface area (Å²) in [4.78, 5) is 24.1. The number of Topliss-reactive ketones (excluding diaryl/α,β-unsaturated/α-hetero) is 1. The third kappa shape index (κ3) is 3.02. The zero-order valence-electron chi connectivity index (χ0n) is 11.0. The summed E-state index contributed by atoms with van der Waals surface area (Å²) in [5.41, 5.74) is 1.59. The molecular weight excluding hydrogens is 216 g/mol. The van der Waals surface area contributed by atoms with Crippen LogP contribution >= 0.6 is 0 Å². The zero-order valence-corrected chi connectivity index (χ0v) is 11.0. The van der Waals surface area contributed by atoms with Crippen molar-refractivity contribution in [3.8, 4) is 0 Å². The summed E-state index contributed by atoms with van der Waals surface area (Å²) >= 11 is 0. The fourth-order valence-corrected chi connectivity index (χ4v) is 1.96. The van der Waals surface area contributed by atoms with E-state index < -0.39 is 5.92 Å². The van der Waals surface area contributed by atoms with Gasteiger partial charge < -0.3 is 0 Å². The van der Waals surface area contributed by atoms with Gasteiger partial charge in [-0.25, -0.2) is 4.68 Å². The van der Waals surface area contributed by atoms with Gasteiger partial charge in [0.2, 0.25) is 0 Å². The molecule has 0 aliphatic heterocycles. The van der Waals surface area contributed by atoms with Gasteiger partial charge in [-0.1, -0.05) is 13.8 Å². The molecule has 0 radical (unpaired) electrons. The predicted molar refractivity (Wildman–Crippen MR) is 66.0 cm³/mol. The Hall–Kier alpha value is -1.45. The second kappa shape index (κ2) is 5.75. The first-order chi connectivity index (χ1) is 8.01. The van der Waals surface area contributed by atoms with Crippen molar-refractivity contribution in [2.24, 2.45) is 5.92 Å². The molecule has 1 heterocycles. The summed E-state index contributed by atoms with van der Waals surface area (Å²) in [5, 5.41) is 4.14. The number of carbonyl (C=O) groups excluding carboxylic acids is 2. The molecule has 1 rings (SSSR count). The zero-order chi connectivity index (χ0) is 13.0. The van der Waals surface area contributed by atoms with Crippen LogP contribution in [0.4, 0.5) is 0 Å². The van der Waals surface area contributed by atoms with E-state index in [4.69, 9.17) is 0 Å². The second-order valence-corrected chi connectivity index (χ2v) is 4.35. The Morgan fingerprint density at radius 2 is 2.00 bits per heavy atom. The summed E-state index contributed by atoms with van der Waals surface area (Å²) < 4.78 is 1.36. The van der Waals surface area contributed by atoms with Gasteiger partial charge in [0.25, 0.3) is 5.91 Å². The molecular formula is C13H20N2O2. The maximum Gasteiger partial charge on any atom is 0.257 e. The lowest BCUT2D eigenvalue weighted by atomic mass is 9.97. The maximum absolute atomic E-state index is 12.2. The number of nitrogens with zero attached hydrogens (tertiary/aromatic N) is 2. The van der Waals surface area contributed by atoms with Crippen LogP contribution in [-0.4, -0.2) is 21.5 Å². The van der Waals surface area contributed by atoms with Gasteiger partial charge in [0.1, 0.15) is 5.78 Å². The van der Waals surface area contributed by atoms with Crippen molar-refractivity contribution in [1.82, 2.24) is 9.78 Å². The number of ketones is 1. The molecule has 0 aromatic carbocycles. The summed E-state index contributed by atoms with van der Waals surface area (Å²) in [6, 6.07) is 1.84. The first kappa shape index (κ1) is 13.6. The SMILES string of the molecule is CCCC(=O)C(CC)C(=O)n1nc(C)cc1C. The molecule has 4 heteroatoms. The minimum atomic E-state index is -0.548. The number of aryl methyl sites for hydroxylation is 2. The van der Waals surface area contributed by atoms with E-state index in [0.29, 0.717) is 12.8 Å². The van der Waals surface area contributed by atoms with Gasteiger partial charge >= 0.3 is 0 Å². The minimum Gasteiger partial charge on any atom is -0.299 e. The normalized spacial score (nSPS) is 12.5. The standard InChI is InChI=1S/C13H20N2O2/c1-5-7-12(16)11(6-2)13(17)15-10(4)8-9(3)14-15/h8,11H,5-7H2,1-4H3. The van der Waals surface area contributed by atoms with Crippen LogP contribution in [0.2, 0.25) is 0 Å². The number of carbonyl (C=O) groups is 2. The van der Waals surface area contributed by atoms with Gasteiger partial charge in [0.05, 0.1) is 11.6 Å². The number of rotatable bonds is 5. The Kier molecular flexibility index (Phi) is 4.61. The lowest BCUT2D eigenvalue weighted by Crippen LogP contribution is -2.29. The molecule has 17 heavy (non-hydrogen) atoms. The monoisotopic (exact) mass is 236 g/mol. The molecule has 1 unspecified atom stereocenters. The quantitative estimate of drug-likeness (QED) is 0.738. The van der Waals surface area contributed by atoms with Gasteiger partial charge in [0.15, 0.2) is 0 Å². The Balaban J connectivity index is 2.94. The van der Waals surface area contributed by atoms with Crippen molar-refractivity contribution in [3.05, 3.63) is 17.5 Å². The van der Waals surface area contributed by atoms with Crippen LogP contribution in [0, 0.1) is 19.8 Å². The Labute approximate surface area is 102 Å². The molecule has 0 N–H and O–H groups in total. The molecule has 0 saturated carbocycles. The van der Waals surface area contributed by atoms with Gasteiger partial charge in [0, 0.05) is 12.1 Å². The summed E-state index contributed by atoms with van der Waals surface area (Å²) in [5.74, 6) is -0.725. The number of hydrogen-bond donors (Lipinski definition) is 0. The average molecular weight is 236 g/mol. The van der Waals surface area contributed by atoms with Crippen molar-refractivity contribution in [1.29, 1.82) is 0 Å². The van der Waals surface area contributed by atoms with Crippen LogP contribution in [-0.2, 0) is 4.79 Å². The Bertz CT molecular complexity index is 421. The Morgan fingerprint density at radius 3 is 2.41 bits per heavy atom. The molecule has 1 aromatic heterocycles. The molecule has 0 aliphatic rings. The first-order valence-corrected chi connectivity index (χ1v) is 6.11. The fraction of sp³-hybridized carbons (Fsp3) is 0.615. The van der Waals surface area contributed by atoms with E-state index in [1.807, 2.05) is 33.8 Å². The van der Waals surface area contributed by atoms with Gasteiger partial charge in [-0.15, -0.1) is 0 Å². The van der Waals surface area contributed by atoms with E-state index in [-0.39, 0.29) is 11.7 Å². The van der Waals surface area contributed by atoms with E-state index in [9.17, 15) is 9.59 Å². The highest BCUT2D eigenvalue weighted by Gasteiger charge is 2.26. The lowest BCUT2D eigenvalue weighted by Gasteiger charge is -2.12. The van der Waals surface area contributed by atoms with E-state index in [1.165, 1.54) is 4.68 Å². The number of hydrogen-bond acceptors (Lipinski definition) is 3. The van der Waals surface area contributed by atoms with Crippen LogP contribution in [0.5, 0.6) is 0 Å². The topological polar surface area (TPSA) is 52.0 Å². The second-order valence-electron chi connectivity index (χ2n) is 4.35. The molecule has 0 fully saturated rings. The number of aromatic nitrogens is 2. The van der Waals surface area contributed by atoms with Crippen LogP contribution in [0.3, 0.4) is 0 Å². The minimum absolute atomic E-state index is 0.0209. The average Bonchev–Trinajstić information content (AvgIpc) is 2.59. The molecule has 0 aliphatic carbocycles. The van der Waals surface area contributed by atoms with Crippen molar-refractivity contribution in [2.45, 2.75) is 47.0 Å². The van der Waals surface area contributed by atoms with Crippen LogP contribution in [0.15, 0.2) is 6.07 Å². The molecule has 0 saturated heterocycles. The van der Waals surface area contributed by atoms with Gasteiger partial charge in [-0.3, -0.25) is 9.59 Å². The molecule has 0 spiro atoms. The van der Waals surface area contributed by atoms with Crippen molar-refractivity contribution in [3.63, 3.8) is 0 Å². The first-order valence-electron chi connectivity index (χ1n) is 6.11. The van der Waals surface area contributed by atoms with Crippen molar-refractivity contribution < 1.29 is 9.59 Å². The van der Waals surface area contributed by atoms with E-state index in [1.54, 1.807) is 0 Å².